The highest BCUT2D eigenvalue weighted by atomic mass is 16.5. The van der Waals surface area contributed by atoms with Crippen molar-refractivity contribution in [3.8, 4) is 28.0 Å². The zero-order valence-corrected chi connectivity index (χ0v) is 17.5. The number of ether oxygens (including phenoxy) is 2. The lowest BCUT2D eigenvalue weighted by molar-refractivity contribution is -0.137. The van der Waals surface area contributed by atoms with Crippen LogP contribution >= 0.6 is 0 Å². The van der Waals surface area contributed by atoms with E-state index in [1.54, 1.807) is 19.1 Å². The topological polar surface area (TPSA) is 52.6 Å². The fourth-order valence-corrected chi connectivity index (χ4v) is 2.98. The third-order valence-corrected chi connectivity index (χ3v) is 4.70. The van der Waals surface area contributed by atoms with Gasteiger partial charge in [0.2, 0.25) is 0 Å². The van der Waals surface area contributed by atoms with E-state index in [9.17, 15) is 9.59 Å². The van der Waals surface area contributed by atoms with Crippen molar-refractivity contribution in [1.82, 2.24) is 0 Å². The van der Waals surface area contributed by atoms with Crippen molar-refractivity contribution in [1.29, 1.82) is 0 Å². The van der Waals surface area contributed by atoms with Crippen LogP contribution in [0.3, 0.4) is 0 Å². The molecule has 0 aromatic heterocycles. The number of benzene rings is 3. The Morgan fingerprint density at radius 3 is 2.00 bits per heavy atom. The minimum atomic E-state index is -0.433. The van der Waals surface area contributed by atoms with Crippen LogP contribution in [0.1, 0.15) is 12.5 Å². The smallest absolute Gasteiger partial charge is 0.338 e. The summed E-state index contributed by atoms with van der Waals surface area (Å²) < 4.78 is 10.3. The van der Waals surface area contributed by atoms with E-state index in [-0.39, 0.29) is 0 Å². The van der Waals surface area contributed by atoms with Crippen LogP contribution in [0.5, 0.6) is 5.75 Å². The van der Waals surface area contributed by atoms with Crippen LogP contribution < -0.4 is 4.74 Å². The largest absolute Gasteiger partial charge is 0.462 e. The summed E-state index contributed by atoms with van der Waals surface area (Å²) in [6, 6.07) is 23.8. The Balaban J connectivity index is 1.70. The number of carbonyl (C=O) groups is 2. The van der Waals surface area contributed by atoms with E-state index in [0.717, 1.165) is 27.8 Å². The summed E-state index contributed by atoms with van der Waals surface area (Å²) in [4.78, 5) is 22.8. The summed E-state index contributed by atoms with van der Waals surface area (Å²) in [5, 5.41) is 0. The second kappa shape index (κ2) is 10.2. The predicted octanol–water partition coefficient (Wildman–Crippen LogP) is 5.77. The molecule has 3 aromatic rings. The van der Waals surface area contributed by atoms with Crippen LogP contribution in [-0.4, -0.2) is 18.5 Å². The van der Waals surface area contributed by atoms with Gasteiger partial charge in [-0.3, -0.25) is 0 Å². The van der Waals surface area contributed by atoms with E-state index in [4.69, 9.17) is 9.47 Å². The van der Waals surface area contributed by atoms with Crippen molar-refractivity contribution in [2.45, 2.75) is 13.3 Å². The Bertz CT molecular complexity index is 1090. The molecule has 3 aromatic carbocycles. The van der Waals surface area contributed by atoms with E-state index in [1.807, 2.05) is 36.4 Å². The Hall–Kier alpha value is -3.92. The van der Waals surface area contributed by atoms with Crippen LogP contribution in [0.2, 0.25) is 0 Å². The third kappa shape index (κ3) is 6.03. The summed E-state index contributed by atoms with van der Waals surface area (Å²) >= 11 is 0. The highest BCUT2D eigenvalue weighted by molar-refractivity contribution is 5.88. The molecule has 0 fully saturated rings. The molecule has 156 valence electrons. The zero-order chi connectivity index (χ0) is 22.2. The summed E-state index contributed by atoms with van der Waals surface area (Å²) in [7, 11) is 0. The molecular weight excluding hydrogens is 388 g/mol. The normalized spacial score (nSPS) is 10.2. The van der Waals surface area contributed by atoms with Crippen molar-refractivity contribution in [3.05, 3.63) is 103 Å². The number of hydrogen-bond donors (Lipinski definition) is 0. The SMILES string of the molecule is C=CC(=O)OCCc1ccc(-c2cccc(-c3ccc(OC(=O)C(=C)C)cc3)c2)cc1. The molecule has 0 aliphatic heterocycles. The number of esters is 2. The van der Waals surface area contributed by atoms with Crippen molar-refractivity contribution in [2.75, 3.05) is 6.61 Å². The Labute approximate surface area is 182 Å². The van der Waals surface area contributed by atoms with Crippen molar-refractivity contribution >= 4 is 11.9 Å². The molecule has 0 unspecified atom stereocenters. The Morgan fingerprint density at radius 2 is 1.45 bits per heavy atom. The van der Waals surface area contributed by atoms with E-state index in [2.05, 4.69) is 37.4 Å². The first-order valence-electron chi connectivity index (χ1n) is 9.93. The van der Waals surface area contributed by atoms with Gasteiger partial charge in [-0.05, 0) is 52.9 Å². The maximum atomic E-state index is 11.6. The molecule has 4 nitrogen and oxygen atoms in total. The highest BCUT2D eigenvalue weighted by Crippen LogP contribution is 2.28. The third-order valence-electron chi connectivity index (χ3n) is 4.70. The molecule has 0 aliphatic carbocycles. The van der Waals surface area contributed by atoms with Gasteiger partial charge in [0, 0.05) is 18.1 Å². The molecule has 0 N–H and O–H groups in total. The van der Waals surface area contributed by atoms with E-state index in [1.165, 1.54) is 6.08 Å². The second-order valence-corrected chi connectivity index (χ2v) is 7.09. The van der Waals surface area contributed by atoms with Crippen LogP contribution in [0.15, 0.2) is 97.6 Å². The van der Waals surface area contributed by atoms with E-state index in [0.29, 0.717) is 24.4 Å². The molecule has 31 heavy (non-hydrogen) atoms. The van der Waals surface area contributed by atoms with Crippen molar-refractivity contribution in [3.63, 3.8) is 0 Å². The lowest BCUT2D eigenvalue weighted by atomic mass is 9.98. The maximum absolute atomic E-state index is 11.6. The fraction of sp³-hybridized carbons (Fsp3) is 0.111. The first kappa shape index (κ1) is 21.8. The first-order chi connectivity index (χ1) is 15.0. The molecule has 0 atom stereocenters. The predicted molar refractivity (Wildman–Crippen MR) is 123 cm³/mol. The summed E-state index contributed by atoms with van der Waals surface area (Å²) in [6.45, 7) is 8.92. The lowest BCUT2D eigenvalue weighted by Gasteiger charge is -2.09. The first-order valence-corrected chi connectivity index (χ1v) is 9.93. The van der Waals surface area contributed by atoms with Gasteiger partial charge in [0.05, 0.1) is 6.61 Å². The number of rotatable bonds is 8. The monoisotopic (exact) mass is 412 g/mol. The van der Waals surface area contributed by atoms with Gasteiger partial charge in [0.15, 0.2) is 0 Å². The van der Waals surface area contributed by atoms with Crippen LogP contribution in [-0.2, 0) is 20.7 Å². The van der Waals surface area contributed by atoms with Gasteiger partial charge in [-0.15, -0.1) is 0 Å². The van der Waals surface area contributed by atoms with Gasteiger partial charge in [-0.2, -0.15) is 0 Å². The standard InChI is InChI=1S/C27H24O4/c1-4-26(28)30-17-16-20-8-10-21(11-9-20)23-6-5-7-24(18-23)22-12-14-25(15-13-22)31-27(29)19(2)3/h4-15,18H,1-2,16-17H2,3H3. The fourth-order valence-electron chi connectivity index (χ4n) is 2.98. The van der Waals surface area contributed by atoms with Gasteiger partial charge in [-0.1, -0.05) is 67.8 Å². The highest BCUT2D eigenvalue weighted by Gasteiger charge is 2.07. The van der Waals surface area contributed by atoms with Crippen molar-refractivity contribution in [2.24, 2.45) is 0 Å². The Kier molecular flexibility index (Phi) is 7.17. The molecule has 0 saturated carbocycles. The lowest BCUT2D eigenvalue weighted by Crippen LogP contribution is -2.07. The molecule has 0 spiro atoms. The molecular formula is C27H24O4. The Morgan fingerprint density at radius 1 is 0.871 bits per heavy atom. The minimum Gasteiger partial charge on any atom is -0.462 e. The van der Waals surface area contributed by atoms with Gasteiger partial charge in [0.1, 0.15) is 5.75 Å². The quantitative estimate of drug-likeness (QED) is 0.268. The summed E-state index contributed by atoms with van der Waals surface area (Å²) in [5.74, 6) is -0.352. The number of hydrogen-bond acceptors (Lipinski definition) is 4. The minimum absolute atomic E-state index is 0.331. The summed E-state index contributed by atoms with van der Waals surface area (Å²) in [6.07, 6.45) is 1.82. The van der Waals surface area contributed by atoms with E-state index >= 15 is 0 Å². The average Bonchev–Trinajstić information content (AvgIpc) is 2.80. The molecule has 0 radical (unpaired) electrons. The van der Waals surface area contributed by atoms with E-state index < -0.39 is 11.9 Å². The molecule has 0 amide bonds. The van der Waals surface area contributed by atoms with Gasteiger partial charge < -0.3 is 9.47 Å². The second-order valence-electron chi connectivity index (χ2n) is 7.09. The molecule has 0 heterocycles. The van der Waals surface area contributed by atoms with Crippen LogP contribution in [0.25, 0.3) is 22.3 Å². The zero-order valence-electron chi connectivity index (χ0n) is 17.5. The maximum Gasteiger partial charge on any atom is 0.338 e. The van der Waals surface area contributed by atoms with Crippen LogP contribution in [0.4, 0.5) is 0 Å². The molecule has 0 bridgehead atoms. The summed E-state index contributed by atoms with van der Waals surface area (Å²) in [5.41, 5.74) is 5.74. The van der Waals surface area contributed by atoms with Gasteiger partial charge >= 0.3 is 11.9 Å². The molecule has 3 rings (SSSR count). The van der Waals surface area contributed by atoms with Crippen molar-refractivity contribution < 1.29 is 19.1 Å². The average molecular weight is 412 g/mol. The molecule has 0 aliphatic rings. The molecule has 4 heteroatoms. The molecule has 0 saturated heterocycles. The number of carbonyl (C=O) groups excluding carboxylic acids is 2. The van der Waals surface area contributed by atoms with Gasteiger partial charge in [0.25, 0.3) is 0 Å². The van der Waals surface area contributed by atoms with Gasteiger partial charge in [-0.25, -0.2) is 9.59 Å². The van der Waals surface area contributed by atoms with Crippen LogP contribution in [0, 0.1) is 0 Å².